The monoisotopic (exact) mass is 361 g/mol. The van der Waals surface area contributed by atoms with Gasteiger partial charge >= 0.3 is 0 Å². The van der Waals surface area contributed by atoms with Crippen LogP contribution in [0.1, 0.15) is 15.2 Å². The summed E-state index contributed by atoms with van der Waals surface area (Å²) in [6.07, 6.45) is 0. The minimum Gasteiger partial charge on any atom is -0.397 e. The molecule has 0 spiro atoms. The third-order valence-electron chi connectivity index (χ3n) is 3.25. The molecular formula is C15H9ClFN5OS. The highest BCUT2D eigenvalue weighted by molar-refractivity contribution is 7.21. The fraction of sp³-hybridized carbons (Fsp3) is 0. The zero-order chi connectivity index (χ0) is 17.4. The van der Waals surface area contributed by atoms with Crippen LogP contribution in [0.4, 0.5) is 21.6 Å². The SMILES string of the molecule is N#Cc1cc2c(N)c(C(=O)Nc3ccc(F)c(Cl)c3)sc2nc1N. The van der Waals surface area contributed by atoms with Gasteiger partial charge in [-0.1, -0.05) is 11.6 Å². The summed E-state index contributed by atoms with van der Waals surface area (Å²) in [6.45, 7) is 0. The Labute approximate surface area is 144 Å². The molecule has 0 aliphatic rings. The number of rotatable bonds is 2. The Morgan fingerprint density at radius 1 is 1.38 bits per heavy atom. The lowest BCUT2D eigenvalue weighted by atomic mass is 10.2. The van der Waals surface area contributed by atoms with Crippen LogP contribution in [0.15, 0.2) is 24.3 Å². The topological polar surface area (TPSA) is 118 Å². The summed E-state index contributed by atoms with van der Waals surface area (Å²) in [5, 5.41) is 12.0. The first-order valence-electron chi connectivity index (χ1n) is 6.55. The van der Waals surface area contributed by atoms with Crippen molar-refractivity contribution in [3.05, 3.63) is 45.5 Å². The normalized spacial score (nSPS) is 10.5. The minimum absolute atomic E-state index is 0.0727. The molecule has 1 aromatic carbocycles. The summed E-state index contributed by atoms with van der Waals surface area (Å²) in [7, 11) is 0. The number of pyridine rings is 1. The van der Waals surface area contributed by atoms with Crippen molar-refractivity contribution in [1.29, 1.82) is 5.26 Å². The van der Waals surface area contributed by atoms with Gasteiger partial charge in [-0.05, 0) is 24.3 Å². The summed E-state index contributed by atoms with van der Waals surface area (Å²) >= 11 is 6.73. The molecule has 1 amide bonds. The van der Waals surface area contributed by atoms with Gasteiger partial charge in [0.15, 0.2) is 0 Å². The molecule has 0 unspecified atom stereocenters. The second-order valence-electron chi connectivity index (χ2n) is 4.81. The van der Waals surface area contributed by atoms with E-state index in [-0.39, 0.29) is 27.0 Å². The molecule has 0 radical (unpaired) electrons. The molecule has 24 heavy (non-hydrogen) atoms. The molecular weight excluding hydrogens is 353 g/mol. The van der Waals surface area contributed by atoms with Crippen LogP contribution in [0, 0.1) is 17.1 Å². The number of nitriles is 1. The Balaban J connectivity index is 1.99. The summed E-state index contributed by atoms with van der Waals surface area (Å²) in [6, 6.07) is 7.23. The van der Waals surface area contributed by atoms with E-state index in [1.807, 2.05) is 6.07 Å². The van der Waals surface area contributed by atoms with E-state index in [4.69, 9.17) is 28.3 Å². The number of benzene rings is 1. The smallest absolute Gasteiger partial charge is 0.267 e. The summed E-state index contributed by atoms with van der Waals surface area (Å²) in [5.74, 6) is -1.00. The molecule has 0 saturated carbocycles. The minimum atomic E-state index is -0.584. The number of thiophene rings is 1. The highest BCUT2D eigenvalue weighted by Gasteiger charge is 2.19. The lowest BCUT2D eigenvalue weighted by Crippen LogP contribution is -2.12. The average Bonchev–Trinajstić information content (AvgIpc) is 2.86. The van der Waals surface area contributed by atoms with Crippen molar-refractivity contribution < 1.29 is 9.18 Å². The highest BCUT2D eigenvalue weighted by Crippen LogP contribution is 2.34. The fourth-order valence-corrected chi connectivity index (χ4v) is 3.23. The van der Waals surface area contributed by atoms with Gasteiger partial charge < -0.3 is 16.8 Å². The van der Waals surface area contributed by atoms with Crippen LogP contribution >= 0.6 is 22.9 Å². The Hall–Kier alpha value is -2.89. The van der Waals surface area contributed by atoms with Crippen molar-refractivity contribution in [1.82, 2.24) is 4.98 Å². The second kappa shape index (κ2) is 5.96. The molecule has 3 rings (SSSR count). The van der Waals surface area contributed by atoms with Crippen LogP contribution < -0.4 is 16.8 Å². The lowest BCUT2D eigenvalue weighted by molar-refractivity contribution is 0.103. The number of halogens is 2. The first kappa shape index (κ1) is 16.0. The van der Waals surface area contributed by atoms with Crippen LogP contribution in [0.2, 0.25) is 5.02 Å². The van der Waals surface area contributed by atoms with Crippen LogP contribution in [-0.2, 0) is 0 Å². The van der Waals surface area contributed by atoms with Crippen LogP contribution in [0.5, 0.6) is 0 Å². The number of carbonyl (C=O) groups is 1. The molecule has 2 aromatic heterocycles. The van der Waals surface area contributed by atoms with E-state index >= 15 is 0 Å². The van der Waals surface area contributed by atoms with Crippen molar-refractivity contribution in [2.45, 2.75) is 0 Å². The summed E-state index contributed by atoms with van der Waals surface area (Å²) in [5.41, 5.74) is 12.4. The summed E-state index contributed by atoms with van der Waals surface area (Å²) in [4.78, 5) is 17.2. The fourth-order valence-electron chi connectivity index (χ4n) is 2.07. The van der Waals surface area contributed by atoms with Crippen molar-refractivity contribution in [2.24, 2.45) is 0 Å². The van der Waals surface area contributed by atoms with Crippen LogP contribution in [0.3, 0.4) is 0 Å². The number of amides is 1. The number of nitrogens with zero attached hydrogens (tertiary/aromatic N) is 2. The van der Waals surface area contributed by atoms with Gasteiger partial charge in [-0.2, -0.15) is 5.26 Å². The van der Waals surface area contributed by atoms with E-state index in [9.17, 15) is 9.18 Å². The molecule has 6 nitrogen and oxygen atoms in total. The van der Waals surface area contributed by atoms with E-state index in [0.29, 0.717) is 15.9 Å². The van der Waals surface area contributed by atoms with Gasteiger partial charge in [0, 0.05) is 11.1 Å². The van der Waals surface area contributed by atoms with E-state index in [0.717, 1.165) is 17.4 Å². The van der Waals surface area contributed by atoms with E-state index in [2.05, 4.69) is 10.3 Å². The predicted octanol–water partition coefficient (Wildman–Crippen LogP) is 3.38. The van der Waals surface area contributed by atoms with Gasteiger partial charge in [-0.15, -0.1) is 11.3 Å². The largest absolute Gasteiger partial charge is 0.397 e. The molecule has 0 fully saturated rings. The van der Waals surface area contributed by atoms with Gasteiger partial charge in [0.2, 0.25) is 0 Å². The van der Waals surface area contributed by atoms with Crippen molar-refractivity contribution >= 4 is 56.3 Å². The third-order valence-corrected chi connectivity index (χ3v) is 4.66. The summed E-state index contributed by atoms with van der Waals surface area (Å²) < 4.78 is 13.2. The standard InChI is InChI=1S/C15H9ClFN5OS/c16-9-4-7(1-2-10(9)17)21-14(23)12-11(19)8-3-6(5-18)13(20)22-15(8)24-12/h1-4H,19H2,(H2,20,22)(H,21,23). The van der Waals surface area contributed by atoms with Gasteiger partial charge in [0.1, 0.15) is 27.4 Å². The molecule has 9 heteroatoms. The highest BCUT2D eigenvalue weighted by atomic mass is 35.5. The van der Waals surface area contributed by atoms with E-state index in [1.54, 1.807) is 0 Å². The van der Waals surface area contributed by atoms with E-state index < -0.39 is 11.7 Å². The van der Waals surface area contributed by atoms with Gasteiger partial charge in [-0.3, -0.25) is 4.79 Å². The first-order valence-corrected chi connectivity index (χ1v) is 7.75. The van der Waals surface area contributed by atoms with E-state index in [1.165, 1.54) is 18.2 Å². The number of fused-ring (bicyclic) bond motifs is 1. The molecule has 0 bridgehead atoms. The molecule has 120 valence electrons. The predicted molar refractivity (Wildman–Crippen MR) is 92.5 cm³/mol. The Kier molecular flexibility index (Phi) is 3.97. The molecule has 0 saturated heterocycles. The number of hydrogen-bond donors (Lipinski definition) is 3. The number of nitrogens with two attached hydrogens (primary N) is 2. The Morgan fingerprint density at radius 3 is 2.79 bits per heavy atom. The third kappa shape index (κ3) is 2.71. The number of carbonyl (C=O) groups excluding carboxylic acids is 1. The molecule has 2 heterocycles. The Morgan fingerprint density at radius 2 is 2.12 bits per heavy atom. The lowest BCUT2D eigenvalue weighted by Gasteiger charge is -2.05. The van der Waals surface area contributed by atoms with Crippen LogP contribution in [0.25, 0.3) is 10.2 Å². The van der Waals surface area contributed by atoms with Crippen LogP contribution in [-0.4, -0.2) is 10.9 Å². The van der Waals surface area contributed by atoms with Crippen molar-refractivity contribution in [3.8, 4) is 6.07 Å². The number of anilines is 3. The zero-order valence-electron chi connectivity index (χ0n) is 11.9. The van der Waals surface area contributed by atoms with Gasteiger partial charge in [0.25, 0.3) is 5.91 Å². The number of hydrogen-bond acceptors (Lipinski definition) is 6. The van der Waals surface area contributed by atoms with Gasteiger partial charge in [0.05, 0.1) is 16.3 Å². The average molecular weight is 362 g/mol. The molecule has 5 N–H and O–H groups in total. The molecule has 3 aromatic rings. The maximum absolute atomic E-state index is 13.2. The second-order valence-corrected chi connectivity index (χ2v) is 6.22. The molecule has 0 aliphatic carbocycles. The molecule has 0 aliphatic heterocycles. The van der Waals surface area contributed by atoms with Gasteiger partial charge in [-0.25, -0.2) is 9.37 Å². The Bertz CT molecular complexity index is 1030. The number of aromatic nitrogens is 1. The maximum Gasteiger partial charge on any atom is 0.267 e. The quantitative estimate of drug-likeness (QED) is 0.646. The maximum atomic E-state index is 13.2. The number of nitrogen functional groups attached to an aromatic ring is 2. The molecule has 0 atom stereocenters. The van der Waals surface area contributed by atoms with Crippen molar-refractivity contribution in [2.75, 3.05) is 16.8 Å². The van der Waals surface area contributed by atoms with Crippen molar-refractivity contribution in [3.63, 3.8) is 0 Å². The zero-order valence-corrected chi connectivity index (χ0v) is 13.5. The number of nitrogens with one attached hydrogen (secondary N) is 1. The first-order chi connectivity index (χ1) is 11.4.